The number of carbonyl (C=O) groups is 1. The Morgan fingerprint density at radius 1 is 1.03 bits per heavy atom. The average molecular weight is 411 g/mol. The van der Waals surface area contributed by atoms with Gasteiger partial charge in [0.25, 0.3) is 5.91 Å². The fraction of sp³-hybridized carbons (Fsp3) is 0.480. The van der Waals surface area contributed by atoms with E-state index in [0.717, 1.165) is 38.2 Å². The van der Waals surface area contributed by atoms with Crippen LogP contribution in [0.1, 0.15) is 48.2 Å². The van der Waals surface area contributed by atoms with E-state index in [1.54, 1.807) is 0 Å². The zero-order valence-corrected chi connectivity index (χ0v) is 18.4. The predicted molar refractivity (Wildman–Crippen MR) is 120 cm³/mol. The summed E-state index contributed by atoms with van der Waals surface area (Å²) in [4.78, 5) is 14.8. The monoisotopic (exact) mass is 410 g/mol. The van der Waals surface area contributed by atoms with Crippen molar-refractivity contribution in [2.45, 2.75) is 52.4 Å². The zero-order valence-electron chi connectivity index (χ0n) is 18.4. The largest absolute Gasteiger partial charge is 0.494 e. The Bertz CT molecular complexity index is 779. The van der Waals surface area contributed by atoms with Crippen LogP contribution in [0.15, 0.2) is 48.5 Å². The topological polar surface area (TPSA) is 50.8 Å². The molecule has 2 aromatic carbocycles. The molecule has 0 aromatic heterocycles. The van der Waals surface area contributed by atoms with E-state index >= 15 is 0 Å². The van der Waals surface area contributed by atoms with Crippen molar-refractivity contribution in [3.8, 4) is 5.75 Å². The molecule has 1 saturated heterocycles. The molecule has 162 valence electrons. The van der Waals surface area contributed by atoms with Crippen LogP contribution in [0.25, 0.3) is 0 Å². The van der Waals surface area contributed by atoms with Crippen LogP contribution in [0.2, 0.25) is 0 Å². The van der Waals surface area contributed by atoms with Gasteiger partial charge in [0.1, 0.15) is 5.75 Å². The molecule has 1 N–H and O–H groups in total. The van der Waals surface area contributed by atoms with Crippen molar-refractivity contribution in [3.05, 3.63) is 65.2 Å². The number of ether oxygens (including phenoxy) is 2. The molecule has 2 aromatic rings. The van der Waals surface area contributed by atoms with E-state index < -0.39 is 0 Å². The van der Waals surface area contributed by atoms with Crippen LogP contribution in [0.5, 0.6) is 5.75 Å². The van der Waals surface area contributed by atoms with Crippen molar-refractivity contribution >= 4 is 5.91 Å². The van der Waals surface area contributed by atoms with Gasteiger partial charge in [-0.15, -0.1) is 0 Å². The van der Waals surface area contributed by atoms with Crippen molar-refractivity contribution in [3.63, 3.8) is 0 Å². The third-order valence-electron chi connectivity index (χ3n) is 5.26. The van der Waals surface area contributed by atoms with Crippen molar-refractivity contribution in [1.29, 1.82) is 0 Å². The van der Waals surface area contributed by atoms with Gasteiger partial charge in [-0.3, -0.25) is 9.69 Å². The Balaban J connectivity index is 1.33. The fourth-order valence-corrected chi connectivity index (χ4v) is 3.79. The quantitative estimate of drug-likeness (QED) is 0.630. The third-order valence-corrected chi connectivity index (χ3v) is 5.26. The predicted octanol–water partition coefficient (Wildman–Crippen LogP) is 4.19. The number of carbonyl (C=O) groups excluding carboxylic acids is 1. The number of hydrogen-bond donors (Lipinski definition) is 1. The maximum atomic E-state index is 12.3. The minimum absolute atomic E-state index is 0.0189. The van der Waals surface area contributed by atoms with E-state index in [2.05, 4.69) is 43.1 Å². The second-order valence-corrected chi connectivity index (χ2v) is 8.27. The lowest BCUT2D eigenvalue weighted by Crippen LogP contribution is -2.44. The molecule has 3 rings (SSSR count). The summed E-state index contributed by atoms with van der Waals surface area (Å²) in [6.07, 6.45) is 2.33. The average Bonchev–Trinajstić information content (AvgIpc) is 2.71. The van der Waals surface area contributed by atoms with Crippen molar-refractivity contribution in [1.82, 2.24) is 10.2 Å². The number of benzene rings is 2. The van der Waals surface area contributed by atoms with Gasteiger partial charge >= 0.3 is 0 Å². The molecule has 30 heavy (non-hydrogen) atoms. The number of unbranched alkanes of at least 4 members (excludes halogenated alkanes) is 1. The second-order valence-electron chi connectivity index (χ2n) is 8.27. The fourth-order valence-electron chi connectivity index (χ4n) is 3.79. The van der Waals surface area contributed by atoms with Crippen LogP contribution >= 0.6 is 0 Å². The van der Waals surface area contributed by atoms with Crippen molar-refractivity contribution in [2.24, 2.45) is 0 Å². The lowest BCUT2D eigenvalue weighted by molar-refractivity contribution is -0.0704. The van der Waals surface area contributed by atoms with Crippen LogP contribution in [-0.2, 0) is 11.3 Å². The highest BCUT2D eigenvalue weighted by molar-refractivity contribution is 5.94. The minimum Gasteiger partial charge on any atom is -0.494 e. The first kappa shape index (κ1) is 22.3. The minimum atomic E-state index is -0.0189. The van der Waals surface area contributed by atoms with Gasteiger partial charge in [0.15, 0.2) is 0 Å². The molecule has 1 heterocycles. The summed E-state index contributed by atoms with van der Waals surface area (Å²) in [6.45, 7) is 10.4. The SMILES string of the molecule is Cc1ccc(OCCCCNC(=O)c2ccc(CN3CC(C)OC(C)C3)cc2)cc1. The highest BCUT2D eigenvalue weighted by Crippen LogP contribution is 2.15. The Hall–Kier alpha value is -2.37. The van der Waals surface area contributed by atoms with Gasteiger partial charge in [-0.1, -0.05) is 29.8 Å². The molecule has 1 fully saturated rings. The van der Waals surface area contributed by atoms with Gasteiger partial charge in [0.05, 0.1) is 18.8 Å². The number of rotatable bonds is 9. The van der Waals surface area contributed by atoms with Crippen LogP contribution in [-0.4, -0.2) is 49.3 Å². The lowest BCUT2D eigenvalue weighted by Gasteiger charge is -2.35. The Kier molecular flexibility index (Phi) is 8.29. The zero-order chi connectivity index (χ0) is 21.3. The van der Waals surface area contributed by atoms with E-state index in [9.17, 15) is 4.79 Å². The van der Waals surface area contributed by atoms with Crippen LogP contribution < -0.4 is 10.1 Å². The summed E-state index contributed by atoms with van der Waals surface area (Å²) < 4.78 is 11.5. The molecule has 0 spiro atoms. The molecule has 2 unspecified atom stereocenters. The summed E-state index contributed by atoms with van der Waals surface area (Å²) in [5.74, 6) is 0.875. The molecular weight excluding hydrogens is 376 g/mol. The van der Waals surface area contributed by atoms with Crippen LogP contribution in [0.4, 0.5) is 0 Å². The molecule has 0 bridgehead atoms. The molecule has 5 heteroatoms. The molecule has 5 nitrogen and oxygen atoms in total. The first-order chi connectivity index (χ1) is 14.5. The van der Waals surface area contributed by atoms with Gasteiger partial charge in [0, 0.05) is 31.7 Å². The first-order valence-corrected chi connectivity index (χ1v) is 10.9. The third kappa shape index (κ3) is 7.15. The Labute approximate surface area is 180 Å². The van der Waals surface area contributed by atoms with Gasteiger partial charge in [-0.25, -0.2) is 0 Å². The second kappa shape index (κ2) is 11.1. The smallest absolute Gasteiger partial charge is 0.251 e. The molecule has 1 aliphatic rings. The van der Waals surface area contributed by atoms with E-state index in [0.29, 0.717) is 18.7 Å². The standard InChI is InChI=1S/C25H34N2O3/c1-19-6-12-24(13-7-19)29-15-5-4-14-26-25(28)23-10-8-22(9-11-23)18-27-16-20(2)30-21(3)17-27/h6-13,20-21H,4-5,14-18H2,1-3H3,(H,26,28). The molecule has 0 saturated carbocycles. The first-order valence-electron chi connectivity index (χ1n) is 10.9. The number of nitrogens with one attached hydrogen (secondary N) is 1. The lowest BCUT2D eigenvalue weighted by atomic mass is 10.1. The molecule has 0 radical (unpaired) electrons. The van der Waals surface area contributed by atoms with E-state index in [1.807, 2.05) is 36.4 Å². The summed E-state index contributed by atoms with van der Waals surface area (Å²) in [5.41, 5.74) is 3.16. The van der Waals surface area contributed by atoms with Crippen molar-refractivity contribution in [2.75, 3.05) is 26.2 Å². The van der Waals surface area contributed by atoms with Gasteiger partial charge in [-0.05, 0) is 63.4 Å². The number of nitrogens with zero attached hydrogens (tertiary/aromatic N) is 1. The van der Waals surface area contributed by atoms with E-state index in [4.69, 9.17) is 9.47 Å². The molecule has 2 atom stereocenters. The number of morpholine rings is 1. The van der Waals surface area contributed by atoms with Crippen LogP contribution in [0, 0.1) is 6.92 Å². The van der Waals surface area contributed by atoms with Gasteiger partial charge in [0.2, 0.25) is 0 Å². The summed E-state index contributed by atoms with van der Waals surface area (Å²) >= 11 is 0. The maximum Gasteiger partial charge on any atom is 0.251 e. The summed E-state index contributed by atoms with van der Waals surface area (Å²) in [5, 5.41) is 3.00. The van der Waals surface area contributed by atoms with E-state index in [1.165, 1.54) is 11.1 Å². The van der Waals surface area contributed by atoms with Gasteiger partial charge in [-0.2, -0.15) is 0 Å². The van der Waals surface area contributed by atoms with Crippen LogP contribution in [0.3, 0.4) is 0 Å². The Morgan fingerprint density at radius 2 is 1.70 bits per heavy atom. The number of amides is 1. The number of hydrogen-bond acceptors (Lipinski definition) is 4. The summed E-state index contributed by atoms with van der Waals surface area (Å²) in [7, 11) is 0. The number of aryl methyl sites for hydroxylation is 1. The van der Waals surface area contributed by atoms with Crippen molar-refractivity contribution < 1.29 is 14.3 Å². The molecular formula is C25H34N2O3. The highest BCUT2D eigenvalue weighted by Gasteiger charge is 2.22. The highest BCUT2D eigenvalue weighted by atomic mass is 16.5. The maximum absolute atomic E-state index is 12.3. The van der Waals surface area contributed by atoms with Gasteiger partial charge < -0.3 is 14.8 Å². The molecule has 0 aliphatic carbocycles. The summed E-state index contributed by atoms with van der Waals surface area (Å²) in [6, 6.07) is 16.0. The molecule has 1 aliphatic heterocycles. The normalized spacial score (nSPS) is 19.4. The molecule has 1 amide bonds. The van der Waals surface area contributed by atoms with E-state index in [-0.39, 0.29) is 18.1 Å². The Morgan fingerprint density at radius 3 is 2.37 bits per heavy atom.